The van der Waals surface area contributed by atoms with Crippen molar-refractivity contribution in [3.63, 3.8) is 0 Å². The van der Waals surface area contributed by atoms with E-state index in [-0.39, 0.29) is 40.8 Å². The molecule has 2 aromatic carbocycles. The minimum atomic E-state index is -4.68. The Morgan fingerprint density at radius 1 is 1.13 bits per heavy atom. The summed E-state index contributed by atoms with van der Waals surface area (Å²) in [5, 5.41) is 12.1. The van der Waals surface area contributed by atoms with E-state index in [9.17, 15) is 18.0 Å². The van der Waals surface area contributed by atoms with Crippen molar-refractivity contribution < 1.29 is 18.0 Å². The number of alkyl halides is 3. The molecule has 5 rings (SSSR count). The van der Waals surface area contributed by atoms with Gasteiger partial charge in [0.05, 0.1) is 22.6 Å². The van der Waals surface area contributed by atoms with Gasteiger partial charge in [-0.25, -0.2) is 0 Å². The van der Waals surface area contributed by atoms with Crippen molar-refractivity contribution in [2.24, 2.45) is 13.0 Å². The Hall–Kier alpha value is -3.56. The van der Waals surface area contributed by atoms with Crippen LogP contribution in [0.5, 0.6) is 0 Å². The van der Waals surface area contributed by atoms with Crippen LogP contribution in [0.2, 0.25) is 10.0 Å². The third-order valence-electron chi connectivity index (χ3n) is 6.75. The van der Waals surface area contributed by atoms with Gasteiger partial charge in [-0.1, -0.05) is 35.3 Å². The zero-order chi connectivity index (χ0) is 27.9. The van der Waals surface area contributed by atoms with E-state index in [4.69, 9.17) is 28.6 Å². The lowest BCUT2D eigenvalue weighted by Gasteiger charge is -2.20. The number of carbonyl (C=O) groups excluding carboxylic acids is 1. The maximum Gasteiger partial charge on any atom is 0.433 e. The predicted molar refractivity (Wildman–Crippen MR) is 142 cm³/mol. The molecule has 0 bridgehead atoms. The number of pyridine rings is 1. The zero-order valence-corrected chi connectivity index (χ0v) is 22.3. The van der Waals surface area contributed by atoms with Crippen LogP contribution in [0.3, 0.4) is 0 Å². The second-order valence-electron chi connectivity index (χ2n) is 9.64. The van der Waals surface area contributed by atoms with Crippen LogP contribution in [-0.2, 0) is 19.8 Å². The van der Waals surface area contributed by atoms with Crippen LogP contribution in [0.4, 0.5) is 13.2 Å². The quantitative estimate of drug-likeness (QED) is 0.260. The summed E-state index contributed by atoms with van der Waals surface area (Å²) >= 11 is 12.3. The molecular weight excluding hydrogens is 550 g/mol. The fourth-order valence-corrected chi connectivity index (χ4v) is 4.92. The van der Waals surface area contributed by atoms with E-state index in [2.05, 4.69) is 10.3 Å². The molecule has 0 radical (unpaired) electrons. The van der Waals surface area contributed by atoms with Gasteiger partial charge in [0.15, 0.2) is 5.69 Å². The Kier molecular flexibility index (Phi) is 7.31. The molecule has 4 aromatic rings. The topological polar surface area (TPSA) is 75.7 Å². The molecule has 1 saturated carbocycles. The van der Waals surface area contributed by atoms with Crippen LogP contribution < -0.4 is 10.9 Å². The molecule has 39 heavy (non-hydrogen) atoms. The molecule has 0 aliphatic heterocycles. The van der Waals surface area contributed by atoms with Gasteiger partial charge in [0.25, 0.3) is 5.91 Å². The minimum absolute atomic E-state index is 0.131. The van der Waals surface area contributed by atoms with E-state index in [0.717, 1.165) is 24.6 Å². The third kappa shape index (κ3) is 5.89. The molecule has 11 heteroatoms. The lowest BCUT2D eigenvalue weighted by molar-refractivity contribution is -0.140. The Balaban J connectivity index is 1.56. The van der Waals surface area contributed by atoms with Gasteiger partial charge in [-0.15, -0.1) is 0 Å². The van der Waals surface area contributed by atoms with E-state index < -0.39 is 17.8 Å². The summed E-state index contributed by atoms with van der Waals surface area (Å²) in [4.78, 5) is 17.2. The van der Waals surface area contributed by atoms with Crippen molar-refractivity contribution >= 4 is 29.1 Å². The predicted octanol–water partition coefficient (Wildman–Crippen LogP) is 6.62. The maximum atomic E-state index is 13.8. The van der Waals surface area contributed by atoms with Crippen LogP contribution in [0, 0.1) is 11.3 Å². The number of aromatic nitrogens is 3. The highest BCUT2D eigenvalue weighted by molar-refractivity contribution is 6.42. The minimum Gasteiger partial charge on any atom is -0.345 e. The molecule has 0 spiro atoms. The van der Waals surface area contributed by atoms with Gasteiger partial charge in [0.1, 0.15) is 0 Å². The van der Waals surface area contributed by atoms with E-state index in [0.29, 0.717) is 15.6 Å². The van der Waals surface area contributed by atoms with Crippen LogP contribution >= 0.6 is 23.2 Å². The molecule has 1 amide bonds. The molecule has 1 unspecified atom stereocenters. The average molecular weight is 574 g/mol. The molecule has 2 aromatic heterocycles. The third-order valence-corrected chi connectivity index (χ3v) is 7.49. The van der Waals surface area contributed by atoms with Crippen molar-refractivity contribution in [3.8, 4) is 11.1 Å². The van der Waals surface area contributed by atoms with Gasteiger partial charge < -0.3 is 14.5 Å². The summed E-state index contributed by atoms with van der Waals surface area (Å²) in [6.45, 7) is 0.189. The number of nitrogens with one attached hydrogen (secondary N) is 2. The van der Waals surface area contributed by atoms with Crippen LogP contribution in [0.15, 0.2) is 67.1 Å². The maximum absolute atomic E-state index is 13.8. The first-order valence-corrected chi connectivity index (χ1v) is 13.0. The van der Waals surface area contributed by atoms with E-state index in [1.165, 1.54) is 18.2 Å². The number of carbonyl (C=O) groups is 1. The van der Waals surface area contributed by atoms with Crippen molar-refractivity contribution in [1.29, 1.82) is 5.41 Å². The molecule has 1 fully saturated rings. The molecule has 1 atom stereocenters. The molecule has 202 valence electrons. The molecule has 2 heterocycles. The van der Waals surface area contributed by atoms with Crippen molar-refractivity contribution in [2.75, 3.05) is 0 Å². The summed E-state index contributed by atoms with van der Waals surface area (Å²) < 4.78 is 44.7. The fraction of sp³-hybridized carbons (Fsp3) is 0.250. The van der Waals surface area contributed by atoms with Gasteiger partial charge in [-0.2, -0.15) is 13.2 Å². The summed E-state index contributed by atoms with van der Waals surface area (Å²) in [7, 11) is 1.72. The van der Waals surface area contributed by atoms with Crippen LogP contribution in [0.25, 0.3) is 11.1 Å². The number of imidazole rings is 1. The Morgan fingerprint density at radius 3 is 2.54 bits per heavy atom. The van der Waals surface area contributed by atoms with Crippen molar-refractivity contribution in [1.82, 2.24) is 19.4 Å². The number of rotatable bonds is 7. The highest BCUT2D eigenvalue weighted by Crippen LogP contribution is 2.42. The zero-order valence-electron chi connectivity index (χ0n) is 20.8. The standard InChI is InChI=1S/C28H24Cl2F3N5O/c1-37-9-10-38(27(37)34)15-16-11-19(21-3-2-8-35-25(21)28(31,32)33)13-20(12-16)26(39)36-24(17-4-5-17)18-6-7-22(29)23(30)14-18/h2-3,6-14,17,24,34H,4-5,15H2,1H3,(H,36,39). The number of hydrogen-bond acceptors (Lipinski definition) is 3. The molecule has 1 aliphatic rings. The number of halogens is 5. The lowest BCUT2D eigenvalue weighted by Crippen LogP contribution is -2.30. The number of amides is 1. The second kappa shape index (κ2) is 10.5. The average Bonchev–Trinajstić information content (AvgIpc) is 3.70. The van der Waals surface area contributed by atoms with Crippen molar-refractivity contribution in [2.45, 2.75) is 31.6 Å². The molecule has 2 N–H and O–H groups in total. The summed E-state index contributed by atoms with van der Waals surface area (Å²) in [5.74, 6) is -0.211. The van der Waals surface area contributed by atoms with E-state index in [1.807, 2.05) is 6.07 Å². The SMILES string of the molecule is Cn1ccn(Cc2cc(C(=O)NC(c3ccc(Cl)c(Cl)c3)C3CC3)cc(-c3cccnc3C(F)(F)F)c2)c1=N. The molecular formula is C28H24Cl2F3N5O. The number of aryl methyl sites for hydroxylation is 1. The van der Waals surface area contributed by atoms with E-state index >= 15 is 0 Å². The van der Waals surface area contributed by atoms with E-state index in [1.54, 1.807) is 52.8 Å². The first-order valence-electron chi connectivity index (χ1n) is 12.2. The Labute approximate surface area is 232 Å². The van der Waals surface area contributed by atoms with Gasteiger partial charge in [0.2, 0.25) is 5.62 Å². The van der Waals surface area contributed by atoms with Crippen LogP contribution in [0.1, 0.15) is 46.1 Å². The second-order valence-corrected chi connectivity index (χ2v) is 10.5. The Morgan fingerprint density at radius 2 is 1.90 bits per heavy atom. The van der Waals surface area contributed by atoms with Crippen LogP contribution in [-0.4, -0.2) is 20.0 Å². The number of hydrogen-bond donors (Lipinski definition) is 2. The molecule has 1 aliphatic carbocycles. The summed E-state index contributed by atoms with van der Waals surface area (Å²) in [6, 6.07) is 12.3. The largest absolute Gasteiger partial charge is 0.433 e. The number of nitrogens with zero attached hydrogens (tertiary/aromatic N) is 3. The van der Waals surface area contributed by atoms with Gasteiger partial charge >= 0.3 is 6.18 Å². The highest BCUT2D eigenvalue weighted by atomic mass is 35.5. The first-order chi connectivity index (χ1) is 18.5. The van der Waals surface area contributed by atoms with Crippen molar-refractivity contribution in [3.05, 3.63) is 105 Å². The first kappa shape index (κ1) is 27.0. The van der Waals surface area contributed by atoms with Gasteiger partial charge in [0, 0.05) is 36.8 Å². The van der Waals surface area contributed by atoms with Gasteiger partial charge in [-0.3, -0.25) is 15.2 Å². The van der Waals surface area contributed by atoms with Gasteiger partial charge in [-0.05, 0) is 71.8 Å². The molecule has 0 saturated heterocycles. The number of benzene rings is 2. The highest BCUT2D eigenvalue weighted by Gasteiger charge is 2.36. The summed E-state index contributed by atoms with van der Waals surface area (Å²) in [5.41, 5.74) is 0.824. The summed E-state index contributed by atoms with van der Waals surface area (Å²) in [6.07, 6.45) is 1.68. The Bertz CT molecular complexity index is 1610. The normalized spacial score (nSPS) is 14.3. The fourth-order valence-electron chi connectivity index (χ4n) is 4.62. The smallest absolute Gasteiger partial charge is 0.345 e. The monoisotopic (exact) mass is 573 g/mol. The molecule has 6 nitrogen and oxygen atoms in total. The lowest BCUT2D eigenvalue weighted by atomic mass is 9.97.